The van der Waals surface area contributed by atoms with Crippen LogP contribution in [0.2, 0.25) is 0 Å². The van der Waals surface area contributed by atoms with Gasteiger partial charge in [-0.15, -0.1) is 0 Å². The van der Waals surface area contributed by atoms with Crippen LogP contribution in [0.25, 0.3) is 16.7 Å². The molecule has 3 heterocycles. The number of nitrogens with zero attached hydrogens (tertiary/aromatic N) is 3. The zero-order chi connectivity index (χ0) is 15.9. The molecule has 3 rings (SSSR count). The summed E-state index contributed by atoms with van der Waals surface area (Å²) in [6.07, 6.45) is -3.03. The molecular weight excluding hydrogens is 295 g/mol. The second-order valence-corrected chi connectivity index (χ2v) is 4.72. The highest BCUT2D eigenvalue weighted by Crippen LogP contribution is 2.29. The van der Waals surface area contributed by atoms with E-state index in [-0.39, 0.29) is 5.65 Å². The second-order valence-electron chi connectivity index (χ2n) is 4.72. The number of hydrogen-bond acceptors (Lipinski definition) is 3. The number of alkyl halides is 3. The standard InChI is InChI=1S/C15H10F3N3O/c1-9-11(3-2-8-19-9)21-13(22)7-5-10-4-6-12(15(16,17)18)20-14(10)21/h2-8H,1H3. The van der Waals surface area contributed by atoms with Gasteiger partial charge in [0, 0.05) is 17.6 Å². The van der Waals surface area contributed by atoms with Gasteiger partial charge in [0.1, 0.15) is 11.3 Å². The third-order valence-corrected chi connectivity index (χ3v) is 3.25. The lowest BCUT2D eigenvalue weighted by atomic mass is 10.2. The molecule has 0 saturated carbocycles. The molecule has 0 aliphatic carbocycles. The summed E-state index contributed by atoms with van der Waals surface area (Å²) in [5, 5.41) is 0.441. The van der Waals surface area contributed by atoms with E-state index < -0.39 is 17.4 Å². The Kier molecular flexibility index (Phi) is 3.20. The minimum Gasteiger partial charge on any atom is -0.269 e. The molecule has 0 unspecified atom stereocenters. The minimum atomic E-state index is -4.57. The lowest BCUT2D eigenvalue weighted by Gasteiger charge is -2.13. The molecule has 3 aromatic heterocycles. The first-order valence-electron chi connectivity index (χ1n) is 6.40. The Balaban J connectivity index is 2.40. The van der Waals surface area contributed by atoms with Crippen molar-refractivity contribution in [3.8, 4) is 5.69 Å². The molecule has 0 N–H and O–H groups in total. The normalized spacial score (nSPS) is 11.8. The van der Waals surface area contributed by atoms with Crippen LogP contribution in [0.3, 0.4) is 0 Å². The third kappa shape index (κ3) is 2.34. The van der Waals surface area contributed by atoms with Crippen LogP contribution < -0.4 is 5.56 Å². The predicted octanol–water partition coefficient (Wildman–Crippen LogP) is 3.11. The van der Waals surface area contributed by atoms with Gasteiger partial charge in [0.05, 0.1) is 11.4 Å². The lowest BCUT2D eigenvalue weighted by Crippen LogP contribution is -2.20. The molecule has 0 saturated heterocycles. The van der Waals surface area contributed by atoms with Gasteiger partial charge in [-0.25, -0.2) is 4.98 Å². The lowest BCUT2D eigenvalue weighted by molar-refractivity contribution is -0.141. The molecule has 3 aromatic rings. The van der Waals surface area contributed by atoms with Crippen LogP contribution in [0.1, 0.15) is 11.4 Å². The number of aromatic nitrogens is 3. The summed E-state index contributed by atoms with van der Waals surface area (Å²) in [5.74, 6) is 0. The molecule has 0 amide bonds. The van der Waals surface area contributed by atoms with E-state index in [1.165, 1.54) is 18.2 Å². The van der Waals surface area contributed by atoms with Crippen LogP contribution in [-0.4, -0.2) is 14.5 Å². The number of hydrogen-bond donors (Lipinski definition) is 0. The smallest absolute Gasteiger partial charge is 0.269 e. The van der Waals surface area contributed by atoms with Crippen molar-refractivity contribution in [2.45, 2.75) is 13.1 Å². The Morgan fingerprint density at radius 3 is 2.50 bits per heavy atom. The molecular formula is C15H10F3N3O. The zero-order valence-electron chi connectivity index (χ0n) is 11.4. The monoisotopic (exact) mass is 305 g/mol. The van der Waals surface area contributed by atoms with Crippen molar-refractivity contribution in [1.29, 1.82) is 0 Å². The molecule has 112 valence electrons. The van der Waals surface area contributed by atoms with Crippen LogP contribution in [0.5, 0.6) is 0 Å². The quantitative estimate of drug-likeness (QED) is 0.694. The van der Waals surface area contributed by atoms with Gasteiger partial charge in [-0.2, -0.15) is 13.2 Å². The molecule has 0 aromatic carbocycles. The van der Waals surface area contributed by atoms with E-state index in [2.05, 4.69) is 9.97 Å². The number of rotatable bonds is 1. The number of fused-ring (bicyclic) bond motifs is 1. The summed E-state index contributed by atoms with van der Waals surface area (Å²) in [6.45, 7) is 1.67. The summed E-state index contributed by atoms with van der Waals surface area (Å²) >= 11 is 0. The highest BCUT2D eigenvalue weighted by atomic mass is 19.4. The van der Waals surface area contributed by atoms with Crippen LogP contribution >= 0.6 is 0 Å². The first-order chi connectivity index (χ1) is 10.4. The van der Waals surface area contributed by atoms with E-state index in [0.29, 0.717) is 16.8 Å². The molecule has 0 radical (unpaired) electrons. The van der Waals surface area contributed by atoms with E-state index in [9.17, 15) is 18.0 Å². The van der Waals surface area contributed by atoms with Crippen LogP contribution in [-0.2, 0) is 6.18 Å². The Bertz CT molecular complexity index is 916. The van der Waals surface area contributed by atoms with Gasteiger partial charge in [0.15, 0.2) is 0 Å². The highest BCUT2D eigenvalue weighted by molar-refractivity contribution is 5.77. The molecule has 4 nitrogen and oxygen atoms in total. The van der Waals surface area contributed by atoms with Crippen molar-refractivity contribution in [3.63, 3.8) is 0 Å². The van der Waals surface area contributed by atoms with Crippen molar-refractivity contribution >= 4 is 11.0 Å². The van der Waals surface area contributed by atoms with Crippen LogP contribution in [0.4, 0.5) is 13.2 Å². The van der Waals surface area contributed by atoms with Crippen molar-refractivity contribution < 1.29 is 13.2 Å². The van der Waals surface area contributed by atoms with Crippen molar-refractivity contribution in [3.05, 3.63) is 64.3 Å². The van der Waals surface area contributed by atoms with Crippen molar-refractivity contribution in [1.82, 2.24) is 14.5 Å². The van der Waals surface area contributed by atoms with Gasteiger partial charge < -0.3 is 0 Å². The Morgan fingerprint density at radius 1 is 1.09 bits per heavy atom. The molecule has 0 bridgehead atoms. The third-order valence-electron chi connectivity index (χ3n) is 3.25. The van der Waals surface area contributed by atoms with Gasteiger partial charge in [-0.05, 0) is 37.3 Å². The first-order valence-corrected chi connectivity index (χ1v) is 6.40. The number of halogens is 3. The highest BCUT2D eigenvalue weighted by Gasteiger charge is 2.32. The van der Waals surface area contributed by atoms with Gasteiger partial charge in [-0.3, -0.25) is 14.3 Å². The van der Waals surface area contributed by atoms with Crippen molar-refractivity contribution in [2.24, 2.45) is 0 Å². The van der Waals surface area contributed by atoms with E-state index in [1.807, 2.05) is 0 Å². The van der Waals surface area contributed by atoms with Gasteiger partial charge in [0.25, 0.3) is 5.56 Å². The summed E-state index contributed by atoms with van der Waals surface area (Å²) < 4.78 is 39.7. The van der Waals surface area contributed by atoms with E-state index in [0.717, 1.165) is 10.6 Å². The average molecular weight is 305 g/mol. The van der Waals surface area contributed by atoms with E-state index in [4.69, 9.17) is 0 Å². The topological polar surface area (TPSA) is 47.8 Å². The van der Waals surface area contributed by atoms with Gasteiger partial charge >= 0.3 is 6.18 Å². The first kappa shape index (κ1) is 14.2. The number of pyridine rings is 3. The van der Waals surface area contributed by atoms with Gasteiger partial charge in [-0.1, -0.05) is 0 Å². The Labute approximate surface area is 122 Å². The fourth-order valence-electron chi connectivity index (χ4n) is 2.21. The fourth-order valence-corrected chi connectivity index (χ4v) is 2.21. The Morgan fingerprint density at radius 2 is 1.82 bits per heavy atom. The maximum Gasteiger partial charge on any atom is 0.433 e. The minimum absolute atomic E-state index is 0.0431. The average Bonchev–Trinajstić information content (AvgIpc) is 2.47. The molecule has 0 fully saturated rings. The van der Waals surface area contributed by atoms with Crippen LogP contribution in [0, 0.1) is 6.92 Å². The van der Waals surface area contributed by atoms with Crippen molar-refractivity contribution in [2.75, 3.05) is 0 Å². The largest absolute Gasteiger partial charge is 0.433 e. The number of aryl methyl sites for hydroxylation is 1. The molecule has 22 heavy (non-hydrogen) atoms. The zero-order valence-corrected chi connectivity index (χ0v) is 11.4. The molecule has 7 heteroatoms. The molecule has 0 aliphatic heterocycles. The summed E-state index contributed by atoms with van der Waals surface area (Å²) in [4.78, 5) is 19.9. The maximum atomic E-state index is 12.9. The van der Waals surface area contributed by atoms with Crippen LogP contribution in [0.15, 0.2) is 47.4 Å². The van der Waals surface area contributed by atoms with E-state index >= 15 is 0 Å². The predicted molar refractivity (Wildman–Crippen MR) is 74.9 cm³/mol. The Hall–Kier alpha value is -2.70. The fraction of sp³-hybridized carbons (Fsp3) is 0.133. The molecule has 0 atom stereocenters. The summed E-state index contributed by atoms with van der Waals surface area (Å²) in [5.41, 5.74) is -0.615. The SMILES string of the molecule is Cc1ncccc1-n1c(=O)ccc2ccc(C(F)(F)F)nc21. The second kappa shape index (κ2) is 4.94. The maximum absolute atomic E-state index is 12.9. The summed E-state index contributed by atoms with van der Waals surface area (Å²) in [6, 6.07) is 8.17. The molecule has 0 aliphatic rings. The summed E-state index contributed by atoms with van der Waals surface area (Å²) in [7, 11) is 0. The van der Waals surface area contributed by atoms with Gasteiger partial charge in [0.2, 0.25) is 0 Å². The molecule has 0 spiro atoms. The van der Waals surface area contributed by atoms with E-state index in [1.54, 1.807) is 25.3 Å².